The molecule has 0 saturated heterocycles. The minimum absolute atomic E-state index is 0.0522. The van der Waals surface area contributed by atoms with Crippen molar-refractivity contribution in [1.29, 1.82) is 0 Å². The number of nitrogens with one attached hydrogen (secondary N) is 1. The molecular weight excluding hydrogens is 350 g/mol. The van der Waals surface area contributed by atoms with Crippen LogP contribution in [0.5, 0.6) is 0 Å². The van der Waals surface area contributed by atoms with Crippen molar-refractivity contribution in [2.45, 2.75) is 33.7 Å². The van der Waals surface area contributed by atoms with Crippen LogP contribution in [0.3, 0.4) is 0 Å². The molecule has 2 heterocycles. The predicted molar refractivity (Wildman–Crippen MR) is 103 cm³/mol. The Morgan fingerprint density at radius 2 is 2.04 bits per heavy atom. The van der Waals surface area contributed by atoms with Crippen molar-refractivity contribution in [3.63, 3.8) is 0 Å². The van der Waals surface area contributed by atoms with Gasteiger partial charge in [0.25, 0.3) is 5.91 Å². The maximum absolute atomic E-state index is 12.8. The number of anilines is 1. The molecule has 136 valence electrons. The smallest absolute Gasteiger partial charge is 0.341 e. The summed E-state index contributed by atoms with van der Waals surface area (Å²) in [6.45, 7) is 7.81. The molecule has 2 aromatic heterocycles. The minimum Gasteiger partial charge on any atom is -0.462 e. The van der Waals surface area contributed by atoms with Gasteiger partial charge in [-0.3, -0.25) is 9.48 Å². The number of aryl methyl sites for hydroxylation is 1. The number of carbonyl (C=O) groups excluding carboxylic acids is 2. The van der Waals surface area contributed by atoms with Gasteiger partial charge < -0.3 is 10.1 Å². The fourth-order valence-electron chi connectivity index (χ4n) is 2.79. The molecule has 0 bridgehead atoms. The third-order valence-electron chi connectivity index (χ3n) is 3.88. The molecule has 0 aliphatic rings. The predicted octanol–water partition coefficient (Wildman–Crippen LogP) is 4.42. The van der Waals surface area contributed by atoms with E-state index in [9.17, 15) is 9.59 Å². The number of rotatable bonds is 5. The third-order valence-corrected chi connectivity index (χ3v) is 4.97. The summed E-state index contributed by atoms with van der Waals surface area (Å²) < 4.78 is 7.79. The zero-order valence-corrected chi connectivity index (χ0v) is 16.0. The van der Waals surface area contributed by atoms with Gasteiger partial charge in [0.15, 0.2) is 0 Å². The summed E-state index contributed by atoms with van der Waals surface area (Å²) in [6.07, 6.45) is 0. The van der Waals surface area contributed by atoms with Crippen molar-refractivity contribution in [1.82, 2.24) is 9.78 Å². The summed E-state index contributed by atoms with van der Waals surface area (Å²) in [5, 5.41) is 8.52. The van der Waals surface area contributed by atoms with Crippen LogP contribution in [0.2, 0.25) is 0 Å². The summed E-state index contributed by atoms with van der Waals surface area (Å²) in [6, 6.07) is 9.33. The fraction of sp³-hybridized carbons (Fsp3) is 0.316. The first-order chi connectivity index (χ1) is 12.4. The van der Waals surface area contributed by atoms with Crippen molar-refractivity contribution < 1.29 is 14.3 Å². The number of ether oxygens (including phenoxy) is 1. The van der Waals surface area contributed by atoms with Crippen LogP contribution in [0.1, 0.15) is 53.4 Å². The van der Waals surface area contributed by atoms with E-state index in [0.717, 1.165) is 15.8 Å². The second kappa shape index (κ2) is 7.29. The second-order valence-electron chi connectivity index (χ2n) is 6.19. The highest BCUT2D eigenvalue weighted by Gasteiger charge is 2.23. The Balaban J connectivity index is 2.02. The Hall–Kier alpha value is -2.67. The van der Waals surface area contributed by atoms with Gasteiger partial charge in [-0.25, -0.2) is 4.79 Å². The van der Waals surface area contributed by atoms with E-state index in [1.165, 1.54) is 11.3 Å². The van der Waals surface area contributed by atoms with E-state index in [-0.39, 0.29) is 18.6 Å². The largest absolute Gasteiger partial charge is 0.462 e. The Morgan fingerprint density at radius 1 is 1.31 bits per heavy atom. The second-order valence-corrected chi connectivity index (χ2v) is 7.24. The maximum atomic E-state index is 12.8. The van der Waals surface area contributed by atoms with E-state index < -0.39 is 5.97 Å². The molecule has 3 rings (SSSR count). The van der Waals surface area contributed by atoms with Crippen LogP contribution in [0.15, 0.2) is 30.3 Å². The molecule has 3 aromatic rings. The molecular formula is C19H21N3O3S. The van der Waals surface area contributed by atoms with Crippen LogP contribution in [0.25, 0.3) is 10.1 Å². The van der Waals surface area contributed by atoms with Gasteiger partial charge in [0.1, 0.15) is 16.3 Å². The molecule has 0 saturated carbocycles. The number of fused-ring (bicyclic) bond motifs is 1. The minimum atomic E-state index is -0.436. The van der Waals surface area contributed by atoms with Gasteiger partial charge in [0.2, 0.25) is 0 Å². The number of hydrogen-bond donors (Lipinski definition) is 1. The molecule has 0 radical (unpaired) electrons. The van der Waals surface area contributed by atoms with Gasteiger partial charge in [0.05, 0.1) is 12.3 Å². The molecule has 7 heteroatoms. The third kappa shape index (κ3) is 3.35. The zero-order valence-electron chi connectivity index (χ0n) is 15.2. The van der Waals surface area contributed by atoms with Crippen molar-refractivity contribution in [3.8, 4) is 0 Å². The Bertz CT molecular complexity index is 972. The van der Waals surface area contributed by atoms with E-state index in [1.54, 1.807) is 17.7 Å². The van der Waals surface area contributed by atoms with E-state index in [2.05, 4.69) is 10.4 Å². The van der Waals surface area contributed by atoms with Gasteiger partial charge >= 0.3 is 5.97 Å². The van der Waals surface area contributed by atoms with Crippen LogP contribution in [0.4, 0.5) is 5.00 Å². The Labute approximate surface area is 155 Å². The van der Waals surface area contributed by atoms with E-state index in [4.69, 9.17) is 4.74 Å². The average molecular weight is 371 g/mol. The van der Waals surface area contributed by atoms with Crippen LogP contribution in [-0.2, 0) is 4.74 Å². The number of thiophene rings is 1. The average Bonchev–Trinajstić information content (AvgIpc) is 3.15. The molecule has 1 aromatic carbocycles. The molecule has 0 aliphatic carbocycles. The Morgan fingerprint density at radius 3 is 2.73 bits per heavy atom. The van der Waals surface area contributed by atoms with Crippen molar-refractivity contribution in [3.05, 3.63) is 47.3 Å². The lowest BCUT2D eigenvalue weighted by molar-refractivity contribution is 0.0530. The molecule has 26 heavy (non-hydrogen) atoms. The lowest BCUT2D eigenvalue weighted by atomic mass is 10.1. The molecule has 0 fully saturated rings. The molecule has 6 nitrogen and oxygen atoms in total. The standard InChI is InChI=1S/C19H21N3O3S/c1-5-25-19(24)16-13-8-6-7-9-15(13)26-18(16)20-17(23)14-10-12(4)21-22(14)11(2)3/h6-11H,5H2,1-4H3,(H,20,23). The highest BCUT2D eigenvalue weighted by atomic mass is 32.1. The van der Waals surface area contributed by atoms with Crippen molar-refractivity contribution in [2.24, 2.45) is 0 Å². The Kier molecular flexibility index (Phi) is 5.08. The van der Waals surface area contributed by atoms with Crippen LogP contribution in [-0.4, -0.2) is 28.3 Å². The molecule has 1 amide bonds. The highest BCUT2D eigenvalue weighted by molar-refractivity contribution is 7.23. The fourth-order valence-corrected chi connectivity index (χ4v) is 3.87. The molecule has 0 atom stereocenters. The lowest BCUT2D eigenvalue weighted by Crippen LogP contribution is -2.19. The molecule has 0 aliphatic heterocycles. The highest BCUT2D eigenvalue weighted by Crippen LogP contribution is 2.36. The number of esters is 1. The summed E-state index contributed by atoms with van der Waals surface area (Å²) in [5.41, 5.74) is 1.63. The number of carbonyl (C=O) groups is 2. The monoisotopic (exact) mass is 371 g/mol. The number of benzene rings is 1. The normalized spacial score (nSPS) is 11.1. The summed E-state index contributed by atoms with van der Waals surface area (Å²) in [7, 11) is 0. The van der Waals surface area contributed by atoms with Crippen molar-refractivity contribution in [2.75, 3.05) is 11.9 Å². The number of hydrogen-bond acceptors (Lipinski definition) is 5. The SMILES string of the molecule is CCOC(=O)c1c(NC(=O)c2cc(C)nn2C(C)C)sc2ccccc12. The van der Waals surface area contributed by atoms with Crippen LogP contribution in [0, 0.1) is 6.92 Å². The zero-order chi connectivity index (χ0) is 18.8. The summed E-state index contributed by atoms with van der Waals surface area (Å²) >= 11 is 1.36. The topological polar surface area (TPSA) is 73.2 Å². The summed E-state index contributed by atoms with van der Waals surface area (Å²) in [5.74, 6) is -0.731. The van der Waals surface area contributed by atoms with E-state index in [1.807, 2.05) is 45.0 Å². The quantitative estimate of drug-likeness (QED) is 0.674. The maximum Gasteiger partial charge on any atom is 0.341 e. The first kappa shape index (κ1) is 18.1. The molecule has 0 unspecified atom stereocenters. The number of nitrogens with zero attached hydrogens (tertiary/aromatic N) is 2. The van der Waals surface area contributed by atoms with Gasteiger partial charge in [0, 0.05) is 16.1 Å². The number of aromatic nitrogens is 2. The van der Waals surface area contributed by atoms with E-state index in [0.29, 0.717) is 16.3 Å². The van der Waals surface area contributed by atoms with Crippen LogP contribution >= 0.6 is 11.3 Å². The summed E-state index contributed by atoms with van der Waals surface area (Å²) in [4.78, 5) is 25.3. The number of amides is 1. The first-order valence-corrected chi connectivity index (χ1v) is 9.30. The first-order valence-electron chi connectivity index (χ1n) is 8.48. The van der Waals surface area contributed by atoms with Gasteiger partial charge in [-0.05, 0) is 39.8 Å². The van der Waals surface area contributed by atoms with Gasteiger partial charge in [-0.1, -0.05) is 18.2 Å². The van der Waals surface area contributed by atoms with E-state index >= 15 is 0 Å². The van der Waals surface area contributed by atoms with Crippen molar-refractivity contribution >= 4 is 38.3 Å². The van der Waals surface area contributed by atoms with Gasteiger partial charge in [-0.2, -0.15) is 5.10 Å². The van der Waals surface area contributed by atoms with Gasteiger partial charge in [-0.15, -0.1) is 11.3 Å². The van der Waals surface area contributed by atoms with Crippen LogP contribution < -0.4 is 5.32 Å². The molecule has 0 spiro atoms. The lowest BCUT2D eigenvalue weighted by Gasteiger charge is -2.11. The molecule has 1 N–H and O–H groups in total.